The van der Waals surface area contributed by atoms with Crippen molar-refractivity contribution in [1.29, 1.82) is 5.26 Å². The van der Waals surface area contributed by atoms with Crippen LogP contribution in [-0.2, 0) is 9.59 Å². The number of hydrogen-bond acceptors (Lipinski definition) is 3. The number of carbonyl (C=O) groups excluding carboxylic acids is 1. The van der Waals surface area contributed by atoms with Gasteiger partial charge in [-0.15, -0.1) is 0 Å². The largest absolute Gasteiger partial charge is 0.480 e. The molecule has 0 bridgehead atoms. The quantitative estimate of drug-likeness (QED) is 0.508. The number of aliphatic carboxylic acids is 1. The maximum Gasteiger partial charge on any atom is 0.318 e. The number of carboxylic acid groups (broad SMARTS) is 1. The van der Waals surface area contributed by atoms with Crippen LogP contribution in [0.3, 0.4) is 0 Å². The van der Waals surface area contributed by atoms with Gasteiger partial charge >= 0.3 is 5.97 Å². The highest BCUT2D eigenvalue weighted by atomic mass is 16.4. The predicted octanol–water partition coefficient (Wildman–Crippen LogP) is 0.970. The second kappa shape index (κ2) is 3.56. The van der Waals surface area contributed by atoms with E-state index in [0.717, 1.165) is 6.42 Å². The van der Waals surface area contributed by atoms with Gasteiger partial charge in [0.05, 0.1) is 12.0 Å². The Balaban J connectivity index is 3.00. The maximum absolute atomic E-state index is 10.9. The number of carbonyl (C=O) groups is 2. The van der Waals surface area contributed by atoms with Gasteiger partial charge in [-0.05, 0) is 12.8 Å². The molecule has 0 heterocycles. The van der Waals surface area contributed by atoms with Crippen LogP contribution in [0, 0.1) is 22.7 Å². The third-order valence-corrected chi connectivity index (χ3v) is 2.72. The number of hydrogen-bond donors (Lipinski definition) is 1. The van der Waals surface area contributed by atoms with Crippen molar-refractivity contribution < 1.29 is 14.7 Å². The fraction of sp³-hybridized carbons (Fsp3) is 0.667. The second-order valence-electron chi connectivity index (χ2n) is 3.39. The van der Waals surface area contributed by atoms with Crippen LogP contribution in [0.1, 0.15) is 25.7 Å². The highest BCUT2D eigenvalue weighted by Crippen LogP contribution is 2.39. The fourth-order valence-corrected chi connectivity index (χ4v) is 1.82. The van der Waals surface area contributed by atoms with Crippen LogP contribution in [0.5, 0.6) is 0 Å². The van der Waals surface area contributed by atoms with Gasteiger partial charge < -0.3 is 9.90 Å². The lowest BCUT2D eigenvalue weighted by atomic mass is 9.68. The molecule has 0 aromatic rings. The van der Waals surface area contributed by atoms with Crippen molar-refractivity contribution in [3.05, 3.63) is 0 Å². The monoisotopic (exact) mass is 181 g/mol. The van der Waals surface area contributed by atoms with Crippen LogP contribution < -0.4 is 0 Å². The van der Waals surface area contributed by atoms with Gasteiger partial charge in [0, 0.05) is 0 Å². The highest BCUT2D eigenvalue weighted by Gasteiger charge is 2.47. The van der Waals surface area contributed by atoms with Gasteiger partial charge in [-0.1, -0.05) is 12.8 Å². The molecule has 13 heavy (non-hydrogen) atoms. The molecule has 2 unspecified atom stereocenters. The van der Waals surface area contributed by atoms with Crippen molar-refractivity contribution in [2.24, 2.45) is 11.3 Å². The SMILES string of the molecule is N#CC1CCCCC1(C=O)C(=O)O. The summed E-state index contributed by atoms with van der Waals surface area (Å²) < 4.78 is 0. The maximum atomic E-state index is 10.9. The molecular formula is C9H11NO3. The van der Waals surface area contributed by atoms with Crippen molar-refractivity contribution in [1.82, 2.24) is 0 Å². The lowest BCUT2D eigenvalue weighted by Crippen LogP contribution is -2.41. The molecule has 0 aliphatic heterocycles. The smallest absolute Gasteiger partial charge is 0.318 e. The zero-order chi connectivity index (χ0) is 9.90. The van der Waals surface area contributed by atoms with Crippen LogP contribution in [0.2, 0.25) is 0 Å². The minimum absolute atomic E-state index is 0.296. The predicted molar refractivity (Wildman–Crippen MR) is 43.7 cm³/mol. The molecule has 70 valence electrons. The van der Waals surface area contributed by atoms with Crippen LogP contribution in [0.25, 0.3) is 0 Å². The molecule has 1 fully saturated rings. The van der Waals surface area contributed by atoms with E-state index in [4.69, 9.17) is 10.4 Å². The van der Waals surface area contributed by atoms with E-state index in [0.29, 0.717) is 25.5 Å². The lowest BCUT2D eigenvalue weighted by molar-refractivity contribution is -0.155. The number of aldehydes is 1. The van der Waals surface area contributed by atoms with E-state index >= 15 is 0 Å². The van der Waals surface area contributed by atoms with Crippen molar-refractivity contribution in [2.45, 2.75) is 25.7 Å². The first-order chi connectivity index (χ1) is 6.17. The van der Waals surface area contributed by atoms with E-state index in [-0.39, 0.29) is 0 Å². The molecule has 0 aromatic carbocycles. The zero-order valence-electron chi connectivity index (χ0n) is 7.19. The first kappa shape index (κ1) is 9.72. The number of carboxylic acids is 1. The second-order valence-corrected chi connectivity index (χ2v) is 3.39. The molecule has 4 heteroatoms. The average molecular weight is 181 g/mol. The van der Waals surface area contributed by atoms with E-state index in [1.165, 1.54) is 0 Å². The molecule has 0 saturated heterocycles. The van der Waals surface area contributed by atoms with Crippen LogP contribution in [0.15, 0.2) is 0 Å². The average Bonchev–Trinajstić information content (AvgIpc) is 2.17. The van der Waals surface area contributed by atoms with Crippen molar-refractivity contribution >= 4 is 12.3 Å². The third-order valence-electron chi connectivity index (χ3n) is 2.72. The Labute approximate surface area is 76.2 Å². The van der Waals surface area contributed by atoms with Crippen molar-refractivity contribution in [3.63, 3.8) is 0 Å². The minimum Gasteiger partial charge on any atom is -0.480 e. The first-order valence-electron chi connectivity index (χ1n) is 4.26. The molecule has 1 aliphatic carbocycles. The Kier molecular flexibility index (Phi) is 2.66. The molecule has 0 radical (unpaired) electrons. The molecule has 1 N–H and O–H groups in total. The molecule has 0 spiro atoms. The van der Waals surface area contributed by atoms with Gasteiger partial charge in [-0.25, -0.2) is 0 Å². The number of rotatable bonds is 2. The Morgan fingerprint density at radius 3 is 2.69 bits per heavy atom. The summed E-state index contributed by atoms with van der Waals surface area (Å²) >= 11 is 0. The zero-order valence-corrected chi connectivity index (χ0v) is 7.19. The van der Waals surface area contributed by atoms with Crippen LogP contribution in [-0.4, -0.2) is 17.4 Å². The summed E-state index contributed by atoms with van der Waals surface area (Å²) in [6.45, 7) is 0. The number of nitrogens with zero attached hydrogens (tertiary/aromatic N) is 1. The normalized spacial score (nSPS) is 33.3. The summed E-state index contributed by atoms with van der Waals surface area (Å²) in [7, 11) is 0. The van der Waals surface area contributed by atoms with Crippen molar-refractivity contribution in [2.75, 3.05) is 0 Å². The topological polar surface area (TPSA) is 78.2 Å². The Hall–Kier alpha value is -1.37. The third kappa shape index (κ3) is 1.42. The van der Waals surface area contributed by atoms with Gasteiger partial charge in [-0.2, -0.15) is 5.26 Å². The van der Waals surface area contributed by atoms with Gasteiger partial charge in [0.2, 0.25) is 0 Å². The van der Waals surface area contributed by atoms with Crippen LogP contribution in [0.4, 0.5) is 0 Å². The molecule has 0 aromatic heterocycles. The fourth-order valence-electron chi connectivity index (χ4n) is 1.82. The van der Waals surface area contributed by atoms with E-state index in [1.807, 2.05) is 6.07 Å². The highest BCUT2D eigenvalue weighted by molar-refractivity contribution is 5.92. The Bertz CT molecular complexity index is 269. The summed E-state index contributed by atoms with van der Waals surface area (Å²) in [5, 5.41) is 17.6. The van der Waals surface area contributed by atoms with Crippen molar-refractivity contribution in [3.8, 4) is 6.07 Å². The summed E-state index contributed by atoms with van der Waals surface area (Å²) in [4.78, 5) is 21.7. The van der Waals surface area contributed by atoms with E-state index in [9.17, 15) is 9.59 Å². The number of nitriles is 1. The molecule has 1 saturated carbocycles. The summed E-state index contributed by atoms with van der Waals surface area (Å²) in [5.74, 6) is -1.81. The molecule has 4 nitrogen and oxygen atoms in total. The van der Waals surface area contributed by atoms with E-state index in [2.05, 4.69) is 0 Å². The summed E-state index contributed by atoms with van der Waals surface area (Å²) in [6.07, 6.45) is 2.79. The Morgan fingerprint density at radius 2 is 2.31 bits per heavy atom. The molecular weight excluding hydrogens is 170 g/mol. The standard InChI is InChI=1S/C9H11NO3/c10-5-7-3-1-2-4-9(7,6-11)8(12)13/h6-7H,1-4H2,(H,12,13). The minimum atomic E-state index is -1.44. The summed E-state index contributed by atoms with van der Waals surface area (Å²) in [5.41, 5.74) is -1.44. The van der Waals surface area contributed by atoms with Gasteiger partial charge in [0.1, 0.15) is 11.7 Å². The molecule has 0 amide bonds. The molecule has 1 aliphatic rings. The van der Waals surface area contributed by atoms with Crippen LogP contribution >= 0.6 is 0 Å². The van der Waals surface area contributed by atoms with Gasteiger partial charge in [0.25, 0.3) is 0 Å². The van der Waals surface area contributed by atoms with E-state index in [1.54, 1.807) is 0 Å². The summed E-state index contributed by atoms with van der Waals surface area (Å²) in [6, 6.07) is 1.92. The Morgan fingerprint density at radius 1 is 1.62 bits per heavy atom. The first-order valence-corrected chi connectivity index (χ1v) is 4.26. The molecule has 2 atom stereocenters. The van der Waals surface area contributed by atoms with Gasteiger partial charge in [0.15, 0.2) is 0 Å². The molecule has 1 rings (SSSR count). The lowest BCUT2D eigenvalue weighted by Gasteiger charge is -2.31. The van der Waals surface area contributed by atoms with E-state index < -0.39 is 17.3 Å². The van der Waals surface area contributed by atoms with Gasteiger partial charge in [-0.3, -0.25) is 4.79 Å².